The first-order valence-electron chi connectivity index (χ1n) is 9.49. The molecule has 0 unspecified atom stereocenters. The van der Waals surface area contributed by atoms with Gasteiger partial charge in [-0.25, -0.2) is 0 Å². The fourth-order valence-corrected chi connectivity index (χ4v) is 3.86. The molecular formula is C26H16Cl2O2. The third-order valence-corrected chi connectivity index (χ3v) is 5.69. The molecule has 0 amide bonds. The zero-order chi connectivity index (χ0) is 20.5. The second kappa shape index (κ2) is 7.91. The summed E-state index contributed by atoms with van der Waals surface area (Å²) in [6.07, 6.45) is 7.74. The zero-order valence-corrected chi connectivity index (χ0v) is 17.3. The Morgan fingerprint density at radius 3 is 1.30 bits per heavy atom. The number of benzene rings is 3. The van der Waals surface area contributed by atoms with E-state index in [1.807, 2.05) is 97.1 Å². The van der Waals surface area contributed by atoms with Gasteiger partial charge in [-0.3, -0.25) is 0 Å². The van der Waals surface area contributed by atoms with Crippen LogP contribution in [0.1, 0.15) is 22.6 Å². The summed E-state index contributed by atoms with van der Waals surface area (Å²) >= 11 is 12.8. The summed E-state index contributed by atoms with van der Waals surface area (Å²) in [5.41, 5.74) is 3.66. The maximum Gasteiger partial charge on any atom is 0.146 e. The van der Waals surface area contributed by atoms with E-state index < -0.39 is 0 Å². The number of hydrogen-bond acceptors (Lipinski definition) is 2. The van der Waals surface area contributed by atoms with Gasteiger partial charge in [0, 0.05) is 10.8 Å². The quantitative estimate of drug-likeness (QED) is 0.284. The van der Waals surface area contributed by atoms with E-state index >= 15 is 0 Å². The predicted octanol–water partition coefficient (Wildman–Crippen LogP) is 8.83. The third-order valence-electron chi connectivity index (χ3n) is 4.91. The summed E-state index contributed by atoms with van der Waals surface area (Å²) in [6, 6.07) is 23.6. The van der Waals surface area contributed by atoms with E-state index in [1.165, 1.54) is 0 Å². The molecule has 5 rings (SSSR count). The van der Waals surface area contributed by atoms with E-state index in [9.17, 15) is 0 Å². The number of furan rings is 2. The van der Waals surface area contributed by atoms with Crippen LogP contribution in [0.2, 0.25) is 10.0 Å². The van der Waals surface area contributed by atoms with Crippen LogP contribution >= 0.6 is 23.2 Å². The van der Waals surface area contributed by atoms with Crippen molar-refractivity contribution in [3.8, 4) is 0 Å². The average molecular weight is 431 g/mol. The van der Waals surface area contributed by atoms with E-state index in [0.717, 1.165) is 33.1 Å². The molecule has 0 saturated heterocycles. The van der Waals surface area contributed by atoms with Gasteiger partial charge in [-0.05, 0) is 47.5 Å². The number of halogens is 2. The molecule has 2 nitrogen and oxygen atoms in total. The van der Waals surface area contributed by atoms with E-state index in [1.54, 1.807) is 0 Å². The van der Waals surface area contributed by atoms with Gasteiger partial charge in [0.1, 0.15) is 22.7 Å². The first-order valence-corrected chi connectivity index (χ1v) is 10.2. The molecule has 2 heterocycles. The Labute approximate surface area is 183 Å². The van der Waals surface area contributed by atoms with Crippen molar-refractivity contribution in [3.63, 3.8) is 0 Å². The molecule has 0 aliphatic carbocycles. The van der Waals surface area contributed by atoms with Crippen LogP contribution in [0, 0.1) is 0 Å². The highest BCUT2D eigenvalue weighted by Gasteiger charge is 2.09. The summed E-state index contributed by atoms with van der Waals surface area (Å²) in [7, 11) is 0. The van der Waals surface area contributed by atoms with Crippen LogP contribution in [0.5, 0.6) is 0 Å². The van der Waals surface area contributed by atoms with E-state index in [-0.39, 0.29) is 0 Å². The Kier molecular flexibility index (Phi) is 4.96. The summed E-state index contributed by atoms with van der Waals surface area (Å²) in [5, 5.41) is 3.10. The molecule has 0 bridgehead atoms. The van der Waals surface area contributed by atoms with Crippen molar-refractivity contribution >= 4 is 69.4 Å². The van der Waals surface area contributed by atoms with Gasteiger partial charge < -0.3 is 8.83 Å². The number of rotatable bonds is 4. The second-order valence-electron chi connectivity index (χ2n) is 6.89. The normalized spacial score (nSPS) is 12.1. The molecule has 30 heavy (non-hydrogen) atoms. The van der Waals surface area contributed by atoms with Crippen molar-refractivity contribution in [2.75, 3.05) is 0 Å². The molecule has 0 atom stereocenters. The smallest absolute Gasteiger partial charge is 0.146 e. The lowest BCUT2D eigenvalue weighted by atomic mass is 10.1. The number of hydrogen-bond donors (Lipinski definition) is 0. The Bertz CT molecular complexity index is 1290. The van der Waals surface area contributed by atoms with Crippen LogP contribution in [-0.4, -0.2) is 0 Å². The van der Waals surface area contributed by atoms with Gasteiger partial charge in [-0.2, -0.15) is 0 Å². The first-order chi connectivity index (χ1) is 14.7. The summed E-state index contributed by atoms with van der Waals surface area (Å²) in [5.74, 6) is 1.31. The minimum absolute atomic E-state index is 0.629. The SMILES string of the molecule is Clc1c(C=Cc2ccc(C=Cc3oc4ccccc4c3Cl)cc2)oc2ccccc12. The Morgan fingerprint density at radius 2 is 0.900 bits per heavy atom. The fourth-order valence-electron chi connectivity index (χ4n) is 3.34. The topological polar surface area (TPSA) is 26.3 Å². The van der Waals surface area contributed by atoms with E-state index in [0.29, 0.717) is 21.6 Å². The lowest BCUT2D eigenvalue weighted by Gasteiger charge is -1.96. The van der Waals surface area contributed by atoms with E-state index in [2.05, 4.69) is 0 Å². The van der Waals surface area contributed by atoms with Gasteiger partial charge >= 0.3 is 0 Å². The molecule has 5 aromatic rings. The molecule has 2 aromatic heterocycles. The van der Waals surface area contributed by atoms with Crippen LogP contribution in [0.25, 0.3) is 46.2 Å². The number of fused-ring (bicyclic) bond motifs is 2. The van der Waals surface area contributed by atoms with Crippen molar-refractivity contribution in [1.82, 2.24) is 0 Å². The third kappa shape index (κ3) is 3.56. The fraction of sp³-hybridized carbons (Fsp3) is 0. The van der Waals surface area contributed by atoms with Crippen molar-refractivity contribution in [2.24, 2.45) is 0 Å². The Balaban J connectivity index is 1.34. The van der Waals surface area contributed by atoms with Gasteiger partial charge in [0.2, 0.25) is 0 Å². The highest BCUT2D eigenvalue weighted by Crippen LogP contribution is 2.32. The highest BCUT2D eigenvalue weighted by molar-refractivity contribution is 6.37. The maximum atomic E-state index is 6.42. The van der Waals surface area contributed by atoms with Crippen LogP contribution in [-0.2, 0) is 0 Å². The standard InChI is InChI=1S/C26H16Cl2O2/c27-25-19-5-1-3-7-21(19)29-23(25)15-13-17-9-11-18(12-10-17)14-16-24-26(28)20-6-2-4-8-22(20)30-24/h1-16H. The van der Waals surface area contributed by atoms with Crippen LogP contribution < -0.4 is 0 Å². The highest BCUT2D eigenvalue weighted by atomic mass is 35.5. The molecular weight excluding hydrogens is 415 g/mol. The van der Waals surface area contributed by atoms with Gasteiger partial charge in [0.25, 0.3) is 0 Å². The van der Waals surface area contributed by atoms with Crippen molar-refractivity contribution in [3.05, 3.63) is 105 Å². The van der Waals surface area contributed by atoms with Crippen molar-refractivity contribution in [2.45, 2.75) is 0 Å². The zero-order valence-electron chi connectivity index (χ0n) is 15.8. The largest absolute Gasteiger partial charge is 0.455 e. The lowest BCUT2D eigenvalue weighted by Crippen LogP contribution is -1.75. The Morgan fingerprint density at radius 1 is 0.500 bits per heavy atom. The minimum atomic E-state index is 0.629. The van der Waals surface area contributed by atoms with Gasteiger partial charge in [0.05, 0.1) is 10.0 Å². The molecule has 0 spiro atoms. The van der Waals surface area contributed by atoms with Gasteiger partial charge in [-0.15, -0.1) is 0 Å². The molecule has 0 N–H and O–H groups in total. The van der Waals surface area contributed by atoms with Crippen molar-refractivity contribution < 1.29 is 8.83 Å². The van der Waals surface area contributed by atoms with Crippen LogP contribution in [0.15, 0.2) is 81.6 Å². The minimum Gasteiger partial charge on any atom is -0.455 e. The Hall–Kier alpha value is -3.20. The second-order valence-corrected chi connectivity index (χ2v) is 7.64. The molecule has 0 aliphatic heterocycles. The average Bonchev–Trinajstić information content (AvgIpc) is 3.28. The molecule has 0 aliphatic rings. The molecule has 4 heteroatoms. The van der Waals surface area contributed by atoms with Crippen LogP contribution in [0.3, 0.4) is 0 Å². The summed E-state index contributed by atoms with van der Waals surface area (Å²) in [4.78, 5) is 0. The predicted molar refractivity (Wildman–Crippen MR) is 127 cm³/mol. The number of para-hydroxylation sites is 2. The molecule has 3 aromatic carbocycles. The lowest BCUT2D eigenvalue weighted by molar-refractivity contribution is 0.604. The molecule has 0 fully saturated rings. The molecule has 146 valence electrons. The molecule has 0 radical (unpaired) electrons. The maximum absolute atomic E-state index is 6.42. The van der Waals surface area contributed by atoms with Crippen LogP contribution in [0.4, 0.5) is 0 Å². The van der Waals surface area contributed by atoms with Gasteiger partial charge in [-0.1, -0.05) is 83.9 Å². The molecule has 0 saturated carbocycles. The summed E-state index contributed by atoms with van der Waals surface area (Å²) < 4.78 is 11.6. The van der Waals surface area contributed by atoms with Crippen molar-refractivity contribution in [1.29, 1.82) is 0 Å². The van der Waals surface area contributed by atoms with E-state index in [4.69, 9.17) is 32.0 Å². The summed E-state index contributed by atoms with van der Waals surface area (Å²) in [6.45, 7) is 0. The monoisotopic (exact) mass is 430 g/mol. The van der Waals surface area contributed by atoms with Gasteiger partial charge in [0.15, 0.2) is 0 Å². The first kappa shape index (κ1) is 18.8.